The summed E-state index contributed by atoms with van der Waals surface area (Å²) in [5.74, 6) is -1.67. The van der Waals surface area contributed by atoms with Gasteiger partial charge in [0.25, 0.3) is 15.9 Å². The molecule has 1 unspecified atom stereocenters. The predicted octanol–water partition coefficient (Wildman–Crippen LogP) is 6.67. The molecule has 3 aromatic rings. The van der Waals surface area contributed by atoms with Crippen molar-refractivity contribution in [2.45, 2.75) is 76.0 Å². The number of benzene rings is 3. The van der Waals surface area contributed by atoms with Crippen molar-refractivity contribution < 1.29 is 37.1 Å². The monoisotopic (exact) mass is 789 g/mol. The number of methoxy groups -OCH3 is 1. The molecule has 13 nitrogen and oxygen atoms in total. The van der Waals surface area contributed by atoms with Gasteiger partial charge in [-0.3, -0.25) is 14.9 Å². The molecule has 286 valence electrons. The molecular formula is C37H45Cl2N5O8S. The van der Waals surface area contributed by atoms with Crippen LogP contribution in [0.1, 0.15) is 65.0 Å². The van der Waals surface area contributed by atoms with E-state index in [9.17, 15) is 22.8 Å². The number of sulfonamides is 1. The summed E-state index contributed by atoms with van der Waals surface area (Å²) < 4.78 is 40.0. The minimum absolute atomic E-state index is 0.00379. The van der Waals surface area contributed by atoms with E-state index < -0.39 is 45.2 Å². The maximum absolute atomic E-state index is 15.0. The highest BCUT2D eigenvalue weighted by atomic mass is 35.5. The van der Waals surface area contributed by atoms with E-state index in [0.717, 1.165) is 0 Å². The van der Waals surface area contributed by atoms with Crippen LogP contribution >= 0.6 is 23.2 Å². The zero-order valence-electron chi connectivity index (χ0n) is 30.5. The molecule has 0 bridgehead atoms. The highest BCUT2D eigenvalue weighted by molar-refractivity contribution is 7.93. The number of hydrogen-bond acceptors (Lipinski definition) is 9. The molecule has 53 heavy (non-hydrogen) atoms. The van der Waals surface area contributed by atoms with Crippen LogP contribution in [-0.2, 0) is 34.6 Å². The Kier molecular flexibility index (Phi) is 13.4. The number of nitrogens with zero attached hydrogens (tertiary/aromatic N) is 2. The molecule has 4 amide bonds. The molecule has 0 aromatic heterocycles. The molecule has 0 saturated carbocycles. The molecule has 1 aliphatic rings. The third-order valence-electron chi connectivity index (χ3n) is 8.52. The number of rotatable bonds is 14. The minimum Gasteiger partial charge on any atom is -0.468 e. The molecule has 4 rings (SSSR count). The van der Waals surface area contributed by atoms with Crippen LogP contribution in [0, 0.1) is 0 Å². The van der Waals surface area contributed by atoms with Gasteiger partial charge in [0, 0.05) is 46.5 Å². The maximum Gasteiger partial charge on any atom is 0.407 e. The molecule has 0 saturated heterocycles. The molecule has 0 fully saturated rings. The highest BCUT2D eigenvalue weighted by Gasteiger charge is 2.58. The van der Waals surface area contributed by atoms with Crippen LogP contribution in [0.5, 0.6) is 0 Å². The topological polar surface area (TPSA) is 163 Å². The van der Waals surface area contributed by atoms with Gasteiger partial charge in [-0.15, -0.1) is 0 Å². The lowest BCUT2D eigenvalue weighted by molar-refractivity contribution is -0.144. The molecule has 1 aliphatic heterocycles. The summed E-state index contributed by atoms with van der Waals surface area (Å²) >= 11 is 13.3. The second-order valence-electron chi connectivity index (χ2n) is 13.2. The van der Waals surface area contributed by atoms with E-state index in [-0.39, 0.29) is 50.8 Å². The molecule has 3 N–H and O–H groups in total. The van der Waals surface area contributed by atoms with E-state index in [2.05, 4.69) is 16.0 Å². The number of esters is 1. The fourth-order valence-electron chi connectivity index (χ4n) is 6.00. The fraction of sp³-hybridized carbons (Fsp3) is 0.405. The molecule has 0 spiro atoms. The first kappa shape index (κ1) is 41.4. The van der Waals surface area contributed by atoms with E-state index in [0.29, 0.717) is 35.9 Å². The lowest BCUT2D eigenvalue weighted by Gasteiger charge is -2.34. The van der Waals surface area contributed by atoms with E-state index in [1.54, 1.807) is 49.9 Å². The number of hydrogen-bond donors (Lipinski definition) is 3. The Morgan fingerprint density at radius 2 is 1.60 bits per heavy atom. The Bertz CT molecular complexity index is 1930. The zero-order valence-corrected chi connectivity index (χ0v) is 32.8. The number of fused-ring (bicyclic) bond motifs is 1. The zero-order chi connectivity index (χ0) is 39.1. The minimum atomic E-state index is -4.62. The molecule has 1 heterocycles. The van der Waals surface area contributed by atoms with Crippen molar-refractivity contribution in [1.82, 2.24) is 15.5 Å². The first-order valence-electron chi connectivity index (χ1n) is 17.1. The van der Waals surface area contributed by atoms with Crippen LogP contribution in [0.25, 0.3) is 0 Å². The van der Waals surface area contributed by atoms with Crippen LogP contribution in [0.2, 0.25) is 10.0 Å². The van der Waals surface area contributed by atoms with Crippen molar-refractivity contribution in [3.8, 4) is 0 Å². The maximum atomic E-state index is 15.0. The highest BCUT2D eigenvalue weighted by Crippen LogP contribution is 2.49. The van der Waals surface area contributed by atoms with E-state index in [1.807, 2.05) is 13.8 Å². The average molecular weight is 791 g/mol. The molecular weight excluding hydrogens is 745 g/mol. The number of halogens is 2. The Morgan fingerprint density at radius 3 is 2.21 bits per heavy atom. The van der Waals surface area contributed by atoms with Gasteiger partial charge in [0.2, 0.25) is 0 Å². The number of unbranched alkanes of at least 4 members (excludes halogenated alkanes) is 1. The molecule has 3 aromatic carbocycles. The summed E-state index contributed by atoms with van der Waals surface area (Å²) in [6.07, 6.45) is 0.376. The van der Waals surface area contributed by atoms with Crippen LogP contribution in [-0.4, -0.2) is 75.7 Å². The van der Waals surface area contributed by atoms with E-state index in [1.165, 1.54) is 49.6 Å². The number of ether oxygens (including phenoxy) is 2. The molecule has 16 heteroatoms. The quantitative estimate of drug-likeness (QED) is 0.120. The largest absolute Gasteiger partial charge is 0.468 e. The van der Waals surface area contributed by atoms with Crippen molar-refractivity contribution >= 4 is 68.6 Å². The molecule has 2 atom stereocenters. The fourth-order valence-corrected chi connectivity index (χ4v) is 7.92. The summed E-state index contributed by atoms with van der Waals surface area (Å²) in [4.78, 5) is 54.4. The summed E-state index contributed by atoms with van der Waals surface area (Å²) in [7, 11) is -3.41. The first-order valence-corrected chi connectivity index (χ1v) is 19.3. The number of anilines is 2. The number of nitrogens with one attached hydrogen (secondary N) is 3. The normalized spacial score (nSPS) is 16.1. The van der Waals surface area contributed by atoms with Gasteiger partial charge in [-0.2, -0.15) is 0 Å². The second-order valence-corrected chi connectivity index (χ2v) is 15.9. The first-order chi connectivity index (χ1) is 25.0. The summed E-state index contributed by atoms with van der Waals surface area (Å²) in [6, 6.07) is 14.7. The van der Waals surface area contributed by atoms with Gasteiger partial charge in [0.1, 0.15) is 11.6 Å². The predicted molar refractivity (Wildman–Crippen MR) is 204 cm³/mol. The number of urea groups is 1. The smallest absolute Gasteiger partial charge is 0.407 e. The third-order valence-corrected chi connectivity index (χ3v) is 10.8. The number of amides is 4. The Morgan fingerprint density at radius 1 is 0.943 bits per heavy atom. The van der Waals surface area contributed by atoms with Gasteiger partial charge in [0.05, 0.1) is 17.7 Å². The van der Waals surface area contributed by atoms with Gasteiger partial charge in [-0.05, 0) is 102 Å². The summed E-state index contributed by atoms with van der Waals surface area (Å²) in [5.41, 5.74) is -2.02. The lowest BCUT2D eigenvalue weighted by Crippen LogP contribution is -2.58. The molecule has 0 radical (unpaired) electrons. The lowest BCUT2D eigenvalue weighted by atomic mass is 9.82. The summed E-state index contributed by atoms with van der Waals surface area (Å²) in [5, 5.41) is 8.91. The van der Waals surface area contributed by atoms with Crippen LogP contribution in [0.4, 0.5) is 21.0 Å². The Labute approximate surface area is 320 Å². The average Bonchev–Trinajstić information content (AvgIpc) is 3.34. The van der Waals surface area contributed by atoms with Gasteiger partial charge in [-0.25, -0.2) is 22.3 Å². The number of carbonyl (C=O) groups excluding carboxylic acids is 4. The Balaban J connectivity index is 1.74. The third kappa shape index (κ3) is 9.23. The van der Waals surface area contributed by atoms with Crippen molar-refractivity contribution in [1.29, 1.82) is 0 Å². The number of carbonyl (C=O) groups is 4. The van der Waals surface area contributed by atoms with Gasteiger partial charge >= 0.3 is 18.1 Å². The van der Waals surface area contributed by atoms with Crippen molar-refractivity contribution in [2.24, 2.45) is 0 Å². The van der Waals surface area contributed by atoms with Crippen molar-refractivity contribution in [3.05, 3.63) is 87.9 Å². The number of alkyl carbamates (subject to hydrolysis) is 1. The standard InChI is InChI=1S/C37H45Cl2N5O8S/c1-7-43(8-2)34(47)41-25-17-19-26(20-18-25)53(49,50)44-31-21-16-24(38)23-28(31)37(33(44)46,27-13-9-10-14-29(27)39)42-30(32(45)51-6)15-11-12-22-40-35(48)52-36(3,4)5/h9-10,13-14,16-21,23,30,42H,7-8,11-12,15,22H2,1-6H3,(H,40,48)(H,41,47)/t30-,37?/m1/s1. The van der Waals surface area contributed by atoms with Crippen molar-refractivity contribution in [3.63, 3.8) is 0 Å². The Hall–Kier alpha value is -4.37. The second kappa shape index (κ2) is 17.2. The van der Waals surface area contributed by atoms with Gasteiger partial charge < -0.3 is 25.0 Å². The van der Waals surface area contributed by atoms with Gasteiger partial charge in [-0.1, -0.05) is 41.4 Å². The van der Waals surface area contributed by atoms with Crippen LogP contribution in [0.15, 0.2) is 71.6 Å². The van der Waals surface area contributed by atoms with Gasteiger partial charge in [0.15, 0.2) is 5.54 Å². The van der Waals surface area contributed by atoms with Crippen LogP contribution < -0.4 is 20.3 Å². The van der Waals surface area contributed by atoms with Crippen molar-refractivity contribution in [2.75, 3.05) is 36.4 Å². The van der Waals surface area contributed by atoms with E-state index in [4.69, 9.17) is 32.7 Å². The van der Waals surface area contributed by atoms with Crippen LogP contribution in [0.3, 0.4) is 0 Å². The summed E-state index contributed by atoms with van der Waals surface area (Å²) in [6.45, 7) is 10.2. The van der Waals surface area contributed by atoms with E-state index >= 15 is 4.79 Å². The SMILES string of the molecule is CCN(CC)C(=O)Nc1ccc(S(=O)(=O)N2C(=O)C(N[C@H](CCCCNC(=O)OC(C)(C)C)C(=O)OC)(c3ccccc3Cl)c3cc(Cl)ccc32)cc1. The molecule has 0 aliphatic carbocycles.